The van der Waals surface area contributed by atoms with Gasteiger partial charge in [-0.05, 0) is 25.1 Å². The normalized spacial score (nSPS) is 17.4. The molecule has 0 aromatic heterocycles. The first-order valence-electron chi connectivity index (χ1n) is 6.77. The molecule has 0 bridgehead atoms. The van der Waals surface area contributed by atoms with Crippen LogP contribution in [0.3, 0.4) is 0 Å². The van der Waals surface area contributed by atoms with Gasteiger partial charge in [-0.15, -0.1) is 0 Å². The molecule has 0 radical (unpaired) electrons. The van der Waals surface area contributed by atoms with Gasteiger partial charge in [-0.3, -0.25) is 0 Å². The van der Waals surface area contributed by atoms with E-state index in [0.717, 1.165) is 18.5 Å². The van der Waals surface area contributed by atoms with Crippen molar-refractivity contribution in [2.75, 3.05) is 26.6 Å². The van der Waals surface area contributed by atoms with Crippen molar-refractivity contribution < 1.29 is 27.4 Å². The van der Waals surface area contributed by atoms with Gasteiger partial charge in [0.15, 0.2) is 6.79 Å². The summed E-state index contributed by atoms with van der Waals surface area (Å²) in [5, 5.41) is 3.36. The summed E-state index contributed by atoms with van der Waals surface area (Å²) >= 11 is 0. The molecule has 0 saturated carbocycles. The lowest BCUT2D eigenvalue weighted by Crippen LogP contribution is -2.22. The van der Waals surface area contributed by atoms with Crippen molar-refractivity contribution >= 4 is 0 Å². The summed E-state index contributed by atoms with van der Waals surface area (Å²) in [6.45, 7) is 1.76. The van der Waals surface area contributed by atoms with Gasteiger partial charge >= 0.3 is 6.18 Å². The highest BCUT2D eigenvalue weighted by Gasteiger charge is 2.27. The molecule has 21 heavy (non-hydrogen) atoms. The topological polar surface area (TPSA) is 39.7 Å². The molecule has 1 unspecified atom stereocenters. The second-order valence-corrected chi connectivity index (χ2v) is 4.74. The van der Waals surface area contributed by atoms with E-state index in [1.165, 1.54) is 0 Å². The fourth-order valence-electron chi connectivity index (χ4n) is 2.03. The first-order valence-corrected chi connectivity index (χ1v) is 6.77. The van der Waals surface area contributed by atoms with Gasteiger partial charge in [-0.25, -0.2) is 0 Å². The number of halogens is 3. The van der Waals surface area contributed by atoms with E-state index in [-0.39, 0.29) is 6.04 Å². The van der Waals surface area contributed by atoms with Crippen molar-refractivity contribution in [2.24, 2.45) is 0 Å². The maximum Gasteiger partial charge on any atom is 0.411 e. The maximum absolute atomic E-state index is 11.9. The van der Waals surface area contributed by atoms with Gasteiger partial charge in [0.1, 0.15) is 24.7 Å². The molecular formula is C14H18F3NO3. The van der Waals surface area contributed by atoms with Crippen LogP contribution >= 0.6 is 0 Å². The molecule has 4 nitrogen and oxygen atoms in total. The van der Waals surface area contributed by atoms with Crippen molar-refractivity contribution in [1.82, 2.24) is 5.32 Å². The highest BCUT2D eigenvalue weighted by Crippen LogP contribution is 2.35. The van der Waals surface area contributed by atoms with Crippen LogP contribution in [-0.2, 0) is 4.74 Å². The third-order valence-electron chi connectivity index (χ3n) is 2.98. The molecule has 1 heterocycles. The number of benzene rings is 1. The van der Waals surface area contributed by atoms with Crippen LogP contribution in [0.5, 0.6) is 11.5 Å². The first kappa shape index (κ1) is 15.9. The van der Waals surface area contributed by atoms with Gasteiger partial charge in [0.05, 0.1) is 6.04 Å². The van der Waals surface area contributed by atoms with Gasteiger partial charge < -0.3 is 19.5 Å². The van der Waals surface area contributed by atoms with E-state index in [1.807, 2.05) is 6.07 Å². The van der Waals surface area contributed by atoms with Crippen LogP contribution in [0.2, 0.25) is 0 Å². The van der Waals surface area contributed by atoms with Crippen LogP contribution in [0, 0.1) is 0 Å². The molecule has 1 aromatic carbocycles. The SMILES string of the molecule is CCCNC1COc2cc(OCOCC(F)(F)F)ccc21. The Labute approximate surface area is 121 Å². The fraction of sp³-hybridized carbons (Fsp3) is 0.571. The summed E-state index contributed by atoms with van der Waals surface area (Å²) in [5.41, 5.74) is 1.03. The highest BCUT2D eigenvalue weighted by molar-refractivity contribution is 5.44. The molecule has 0 spiro atoms. The second-order valence-electron chi connectivity index (χ2n) is 4.74. The van der Waals surface area contributed by atoms with E-state index in [2.05, 4.69) is 17.0 Å². The Kier molecular flexibility index (Phi) is 5.30. The summed E-state index contributed by atoms with van der Waals surface area (Å²) in [6, 6.07) is 5.37. The lowest BCUT2D eigenvalue weighted by atomic mass is 10.1. The van der Waals surface area contributed by atoms with Crippen LogP contribution in [0.4, 0.5) is 13.2 Å². The van der Waals surface area contributed by atoms with Crippen molar-refractivity contribution in [1.29, 1.82) is 0 Å². The summed E-state index contributed by atoms with van der Waals surface area (Å²) in [6.07, 6.45) is -3.31. The number of hydrogen-bond donors (Lipinski definition) is 1. The quantitative estimate of drug-likeness (QED) is 0.621. The molecule has 1 aromatic rings. The van der Waals surface area contributed by atoms with Crippen LogP contribution < -0.4 is 14.8 Å². The van der Waals surface area contributed by atoms with Crippen molar-refractivity contribution in [3.8, 4) is 11.5 Å². The van der Waals surface area contributed by atoms with Gasteiger partial charge in [0, 0.05) is 11.6 Å². The zero-order valence-electron chi connectivity index (χ0n) is 11.7. The average Bonchev–Trinajstić information content (AvgIpc) is 2.83. The van der Waals surface area contributed by atoms with E-state index in [9.17, 15) is 13.2 Å². The molecule has 7 heteroatoms. The number of ether oxygens (including phenoxy) is 3. The predicted molar refractivity (Wildman–Crippen MR) is 70.5 cm³/mol. The van der Waals surface area contributed by atoms with E-state index in [0.29, 0.717) is 18.1 Å². The lowest BCUT2D eigenvalue weighted by Gasteiger charge is -2.11. The van der Waals surface area contributed by atoms with Gasteiger partial charge in [-0.1, -0.05) is 6.92 Å². The molecule has 118 valence electrons. The lowest BCUT2D eigenvalue weighted by molar-refractivity contribution is -0.186. The summed E-state index contributed by atoms with van der Waals surface area (Å²) < 4.78 is 50.8. The number of rotatable bonds is 7. The van der Waals surface area contributed by atoms with Crippen molar-refractivity contribution in [3.63, 3.8) is 0 Å². The number of fused-ring (bicyclic) bond motifs is 1. The van der Waals surface area contributed by atoms with Gasteiger partial charge in [-0.2, -0.15) is 13.2 Å². The molecule has 1 atom stereocenters. The van der Waals surface area contributed by atoms with E-state index in [1.54, 1.807) is 12.1 Å². The number of alkyl halides is 3. The molecule has 0 aliphatic carbocycles. The molecule has 1 N–H and O–H groups in total. The van der Waals surface area contributed by atoms with Crippen molar-refractivity contribution in [3.05, 3.63) is 23.8 Å². The van der Waals surface area contributed by atoms with E-state index in [4.69, 9.17) is 9.47 Å². The largest absolute Gasteiger partial charge is 0.491 e. The third-order valence-corrected chi connectivity index (χ3v) is 2.98. The fourth-order valence-corrected chi connectivity index (χ4v) is 2.03. The Morgan fingerprint density at radius 3 is 2.90 bits per heavy atom. The first-order chi connectivity index (χ1) is 9.99. The van der Waals surface area contributed by atoms with Crippen LogP contribution in [0.1, 0.15) is 24.9 Å². The molecule has 0 amide bonds. The Hall–Kier alpha value is -1.47. The molecule has 1 aliphatic rings. The number of hydrogen-bond acceptors (Lipinski definition) is 4. The minimum Gasteiger partial charge on any atom is -0.491 e. The Morgan fingerprint density at radius 2 is 2.19 bits per heavy atom. The Balaban J connectivity index is 1.84. The predicted octanol–water partition coefficient (Wildman–Crippen LogP) is 3.03. The van der Waals surface area contributed by atoms with Gasteiger partial charge in [0.25, 0.3) is 0 Å². The second kappa shape index (κ2) is 7.00. The van der Waals surface area contributed by atoms with Crippen LogP contribution in [-0.4, -0.2) is 32.7 Å². The zero-order chi connectivity index (χ0) is 15.3. The minimum atomic E-state index is -4.34. The van der Waals surface area contributed by atoms with Gasteiger partial charge in [0.2, 0.25) is 0 Å². The van der Waals surface area contributed by atoms with Crippen LogP contribution in [0.15, 0.2) is 18.2 Å². The summed E-state index contributed by atoms with van der Waals surface area (Å²) in [4.78, 5) is 0. The average molecular weight is 305 g/mol. The number of nitrogens with one attached hydrogen (secondary N) is 1. The van der Waals surface area contributed by atoms with Crippen LogP contribution in [0.25, 0.3) is 0 Å². The molecule has 1 aliphatic heterocycles. The molecular weight excluding hydrogens is 287 g/mol. The maximum atomic E-state index is 11.9. The molecule has 0 saturated heterocycles. The minimum absolute atomic E-state index is 0.149. The molecule has 0 fully saturated rings. The van der Waals surface area contributed by atoms with E-state index >= 15 is 0 Å². The monoisotopic (exact) mass is 305 g/mol. The Bertz CT molecular complexity index is 465. The Morgan fingerprint density at radius 1 is 1.38 bits per heavy atom. The highest BCUT2D eigenvalue weighted by atomic mass is 19.4. The molecule has 2 rings (SSSR count). The van der Waals surface area contributed by atoms with Crippen molar-refractivity contribution in [2.45, 2.75) is 25.6 Å². The zero-order valence-corrected chi connectivity index (χ0v) is 11.7. The third kappa shape index (κ3) is 4.78. The summed E-state index contributed by atoms with van der Waals surface area (Å²) in [7, 11) is 0. The smallest absolute Gasteiger partial charge is 0.411 e. The van der Waals surface area contributed by atoms with E-state index < -0.39 is 19.6 Å². The summed E-state index contributed by atoms with van der Waals surface area (Å²) in [5.74, 6) is 1.11. The standard InChI is InChI=1S/C14H18F3NO3/c1-2-5-18-12-7-20-13-6-10(3-4-11(12)13)21-9-19-8-14(15,16)17/h3-4,6,12,18H,2,5,7-9H2,1H3.